The van der Waals surface area contributed by atoms with Gasteiger partial charge in [-0.1, -0.05) is 30.6 Å². The molecule has 1 fully saturated rings. The first-order valence-electron chi connectivity index (χ1n) is 10.5. The van der Waals surface area contributed by atoms with E-state index in [0.717, 1.165) is 49.8 Å². The third-order valence-corrected chi connectivity index (χ3v) is 6.58. The van der Waals surface area contributed by atoms with Crippen molar-refractivity contribution in [3.8, 4) is 23.0 Å². The van der Waals surface area contributed by atoms with Gasteiger partial charge in [-0.25, -0.2) is 9.97 Å². The molecule has 2 N–H and O–H groups in total. The summed E-state index contributed by atoms with van der Waals surface area (Å²) in [6.07, 6.45) is 8.20. The summed E-state index contributed by atoms with van der Waals surface area (Å²) in [5.41, 5.74) is 3.79. The summed E-state index contributed by atoms with van der Waals surface area (Å²) < 4.78 is 7.24. The zero-order chi connectivity index (χ0) is 20.5. The third-order valence-electron chi connectivity index (χ3n) is 5.63. The fourth-order valence-corrected chi connectivity index (χ4v) is 4.83. The number of aromatic amines is 1. The first-order valence-corrected chi connectivity index (χ1v) is 11.3. The SMILES string of the molecule is Cc1nc(-c2cc(Oc3ccc4nc(NC5CCCCC5)sc4c3)ccn2)[nH]c1C. The van der Waals surface area contributed by atoms with Gasteiger partial charge in [0.2, 0.25) is 0 Å². The van der Waals surface area contributed by atoms with Crippen molar-refractivity contribution in [3.05, 3.63) is 47.9 Å². The van der Waals surface area contributed by atoms with E-state index in [1.807, 2.05) is 38.1 Å². The van der Waals surface area contributed by atoms with Crippen LogP contribution in [0.2, 0.25) is 0 Å². The number of thiazole rings is 1. The molecule has 6 nitrogen and oxygen atoms in total. The van der Waals surface area contributed by atoms with Crippen LogP contribution in [0.25, 0.3) is 21.7 Å². The van der Waals surface area contributed by atoms with Gasteiger partial charge in [-0.05, 0) is 44.9 Å². The van der Waals surface area contributed by atoms with Crippen LogP contribution in [0.1, 0.15) is 43.5 Å². The quantitative estimate of drug-likeness (QED) is 0.401. The van der Waals surface area contributed by atoms with E-state index in [1.54, 1.807) is 17.5 Å². The largest absolute Gasteiger partial charge is 0.457 e. The lowest BCUT2D eigenvalue weighted by molar-refractivity contribution is 0.462. The van der Waals surface area contributed by atoms with Gasteiger partial charge in [-0.2, -0.15) is 0 Å². The number of benzene rings is 1. The Labute approximate surface area is 179 Å². The number of nitrogens with one attached hydrogen (secondary N) is 2. The van der Waals surface area contributed by atoms with Crippen LogP contribution in [0.5, 0.6) is 11.5 Å². The minimum atomic E-state index is 0.555. The number of aromatic nitrogens is 4. The lowest BCUT2D eigenvalue weighted by Crippen LogP contribution is -2.21. The molecule has 1 aliphatic carbocycles. The van der Waals surface area contributed by atoms with E-state index in [0.29, 0.717) is 6.04 Å². The van der Waals surface area contributed by atoms with Gasteiger partial charge in [-0.15, -0.1) is 0 Å². The summed E-state index contributed by atoms with van der Waals surface area (Å²) in [5.74, 6) is 2.28. The molecule has 1 saturated carbocycles. The topological polar surface area (TPSA) is 75.7 Å². The summed E-state index contributed by atoms with van der Waals surface area (Å²) in [6.45, 7) is 3.99. The highest BCUT2D eigenvalue weighted by atomic mass is 32.1. The molecule has 0 atom stereocenters. The number of imidazole rings is 1. The molecule has 3 heterocycles. The standard InChI is InChI=1S/C23H25N5OS/c1-14-15(2)26-22(25-14)20-12-18(10-11-24-20)29-17-8-9-19-21(13-17)30-23(28-19)27-16-6-4-3-5-7-16/h8-13,16H,3-7H2,1-2H3,(H,25,26)(H,27,28). The molecule has 30 heavy (non-hydrogen) atoms. The monoisotopic (exact) mass is 419 g/mol. The van der Waals surface area contributed by atoms with Gasteiger partial charge in [0.05, 0.1) is 15.9 Å². The molecular weight excluding hydrogens is 394 g/mol. The number of pyridine rings is 1. The molecule has 4 aromatic rings. The van der Waals surface area contributed by atoms with Gasteiger partial charge in [-0.3, -0.25) is 4.98 Å². The first-order chi connectivity index (χ1) is 14.6. The second-order valence-electron chi connectivity index (χ2n) is 7.90. The van der Waals surface area contributed by atoms with Gasteiger partial charge < -0.3 is 15.0 Å². The lowest BCUT2D eigenvalue weighted by atomic mass is 9.96. The van der Waals surface area contributed by atoms with E-state index in [-0.39, 0.29) is 0 Å². The van der Waals surface area contributed by atoms with E-state index in [4.69, 9.17) is 9.72 Å². The average Bonchev–Trinajstić information content (AvgIpc) is 3.31. The van der Waals surface area contributed by atoms with Gasteiger partial charge in [0.1, 0.15) is 17.2 Å². The Kier molecular flexibility index (Phi) is 5.12. The summed E-state index contributed by atoms with van der Waals surface area (Å²) >= 11 is 1.69. The Morgan fingerprint density at radius 2 is 1.87 bits per heavy atom. The third kappa shape index (κ3) is 4.03. The molecule has 154 valence electrons. The van der Waals surface area contributed by atoms with E-state index in [9.17, 15) is 0 Å². The molecular formula is C23H25N5OS. The highest BCUT2D eigenvalue weighted by molar-refractivity contribution is 7.22. The minimum absolute atomic E-state index is 0.555. The Hall–Kier alpha value is -2.93. The number of hydrogen-bond donors (Lipinski definition) is 2. The average molecular weight is 420 g/mol. The lowest BCUT2D eigenvalue weighted by Gasteiger charge is -2.22. The Morgan fingerprint density at radius 3 is 2.67 bits per heavy atom. The van der Waals surface area contributed by atoms with Crippen molar-refractivity contribution in [2.24, 2.45) is 0 Å². The Bertz CT molecular complexity index is 1160. The number of fused-ring (bicyclic) bond motifs is 1. The van der Waals surface area contributed by atoms with Crippen LogP contribution in [0.15, 0.2) is 36.5 Å². The molecule has 0 bridgehead atoms. The number of hydrogen-bond acceptors (Lipinski definition) is 6. The number of ether oxygens (including phenoxy) is 1. The second kappa shape index (κ2) is 8.07. The van der Waals surface area contributed by atoms with Crippen molar-refractivity contribution >= 4 is 26.7 Å². The zero-order valence-electron chi connectivity index (χ0n) is 17.2. The van der Waals surface area contributed by atoms with Gasteiger partial charge >= 0.3 is 0 Å². The van der Waals surface area contributed by atoms with Crippen LogP contribution in [-0.4, -0.2) is 26.0 Å². The molecule has 5 rings (SSSR count). The maximum atomic E-state index is 6.12. The van der Waals surface area contributed by atoms with Crippen molar-refractivity contribution in [2.75, 3.05) is 5.32 Å². The second-order valence-corrected chi connectivity index (χ2v) is 8.93. The highest BCUT2D eigenvalue weighted by Gasteiger charge is 2.15. The van der Waals surface area contributed by atoms with Crippen LogP contribution in [0, 0.1) is 13.8 Å². The molecule has 1 aromatic carbocycles. The number of nitrogens with zero attached hydrogens (tertiary/aromatic N) is 3. The smallest absolute Gasteiger partial charge is 0.184 e. The Balaban J connectivity index is 1.34. The van der Waals surface area contributed by atoms with Crippen LogP contribution >= 0.6 is 11.3 Å². The molecule has 0 amide bonds. The summed E-state index contributed by atoms with van der Waals surface area (Å²) in [4.78, 5) is 17.0. The molecule has 0 aliphatic heterocycles. The van der Waals surface area contributed by atoms with Crippen LogP contribution in [-0.2, 0) is 0 Å². The number of aryl methyl sites for hydroxylation is 2. The van der Waals surface area contributed by atoms with Gasteiger partial charge in [0.15, 0.2) is 11.0 Å². The van der Waals surface area contributed by atoms with Crippen molar-refractivity contribution < 1.29 is 4.74 Å². The minimum Gasteiger partial charge on any atom is -0.457 e. The predicted molar refractivity (Wildman–Crippen MR) is 121 cm³/mol. The molecule has 0 spiro atoms. The summed E-state index contributed by atoms with van der Waals surface area (Å²) in [6, 6.07) is 10.4. The number of H-pyrrole nitrogens is 1. The van der Waals surface area contributed by atoms with Crippen molar-refractivity contribution in [1.29, 1.82) is 0 Å². The molecule has 3 aromatic heterocycles. The molecule has 0 radical (unpaired) electrons. The summed E-state index contributed by atoms with van der Waals surface area (Å²) in [7, 11) is 0. The maximum Gasteiger partial charge on any atom is 0.184 e. The van der Waals surface area contributed by atoms with Crippen LogP contribution in [0.3, 0.4) is 0 Å². The van der Waals surface area contributed by atoms with Crippen LogP contribution in [0.4, 0.5) is 5.13 Å². The predicted octanol–water partition coefficient (Wildman–Crippen LogP) is 6.24. The maximum absolute atomic E-state index is 6.12. The normalized spacial score (nSPS) is 14.9. The fourth-order valence-electron chi connectivity index (χ4n) is 3.86. The van der Waals surface area contributed by atoms with Crippen molar-refractivity contribution in [2.45, 2.75) is 52.0 Å². The highest BCUT2D eigenvalue weighted by Crippen LogP contribution is 2.33. The van der Waals surface area contributed by atoms with Gasteiger partial charge in [0.25, 0.3) is 0 Å². The van der Waals surface area contributed by atoms with E-state index in [1.165, 1.54) is 32.1 Å². The number of rotatable bonds is 5. The van der Waals surface area contributed by atoms with E-state index >= 15 is 0 Å². The molecule has 1 aliphatic rings. The zero-order valence-corrected chi connectivity index (χ0v) is 18.1. The first kappa shape index (κ1) is 19.1. The van der Waals surface area contributed by atoms with E-state index in [2.05, 4.69) is 26.3 Å². The summed E-state index contributed by atoms with van der Waals surface area (Å²) in [5, 5.41) is 4.62. The Morgan fingerprint density at radius 1 is 1.03 bits per heavy atom. The molecule has 7 heteroatoms. The van der Waals surface area contributed by atoms with Crippen molar-refractivity contribution in [1.82, 2.24) is 19.9 Å². The fraction of sp³-hybridized carbons (Fsp3) is 0.348. The molecule has 0 saturated heterocycles. The van der Waals surface area contributed by atoms with E-state index < -0.39 is 0 Å². The van der Waals surface area contributed by atoms with Crippen LogP contribution < -0.4 is 10.1 Å². The van der Waals surface area contributed by atoms with Crippen molar-refractivity contribution in [3.63, 3.8) is 0 Å². The molecule has 0 unspecified atom stereocenters. The number of anilines is 1. The van der Waals surface area contributed by atoms with Gasteiger partial charge in [0, 0.05) is 30.1 Å².